The molecule has 0 aromatic carbocycles. The molecular weight excluding hydrogens is 321 g/mol. The monoisotopic (exact) mass is 337 g/mol. The van der Waals surface area contributed by atoms with E-state index < -0.39 is 11.5 Å². The summed E-state index contributed by atoms with van der Waals surface area (Å²) in [6.45, 7) is 1.79. The molecule has 2 aromatic heterocycles. The molecule has 1 aliphatic rings. The number of nitrogens with one attached hydrogen (secondary N) is 2. The summed E-state index contributed by atoms with van der Waals surface area (Å²) in [5.41, 5.74) is 0.00203. The molecule has 8 heteroatoms. The fraction of sp³-hybridized carbons (Fsp3) is 0.400. The molecule has 6 nitrogen and oxygen atoms in total. The van der Waals surface area contributed by atoms with Gasteiger partial charge in [-0.25, -0.2) is 9.97 Å². The summed E-state index contributed by atoms with van der Waals surface area (Å²) >= 11 is 6.14. The van der Waals surface area contributed by atoms with E-state index >= 15 is 0 Å². The van der Waals surface area contributed by atoms with Crippen LogP contribution < -0.4 is 15.8 Å². The van der Waals surface area contributed by atoms with E-state index in [1.807, 2.05) is 11.9 Å². The Balaban J connectivity index is 2.01. The van der Waals surface area contributed by atoms with Gasteiger partial charge in [0.15, 0.2) is 5.82 Å². The van der Waals surface area contributed by atoms with E-state index in [2.05, 4.69) is 20.3 Å². The standard InChI is InChI=1S/C15H17ClFN5O/c1-22(10-3-2-5-18-8-10)14-12(16)15(23)21-13(20-14)9-4-6-19-11(17)7-9/h4,6-7,10,18H,2-3,5,8H2,1H3,(H,20,21,23)/t10-/m1/s1. The summed E-state index contributed by atoms with van der Waals surface area (Å²) < 4.78 is 13.3. The molecule has 1 saturated heterocycles. The number of pyridine rings is 1. The van der Waals surface area contributed by atoms with Crippen molar-refractivity contribution < 1.29 is 4.39 Å². The average molecular weight is 338 g/mol. The van der Waals surface area contributed by atoms with Crippen molar-refractivity contribution in [2.75, 3.05) is 25.0 Å². The molecular formula is C15H17ClFN5O. The van der Waals surface area contributed by atoms with E-state index in [0.717, 1.165) is 25.9 Å². The van der Waals surface area contributed by atoms with Gasteiger partial charge >= 0.3 is 0 Å². The lowest BCUT2D eigenvalue weighted by atomic mass is 10.1. The molecule has 0 radical (unpaired) electrons. The first-order valence-electron chi connectivity index (χ1n) is 7.41. The second-order valence-electron chi connectivity index (χ2n) is 5.53. The minimum atomic E-state index is -0.633. The van der Waals surface area contributed by atoms with Gasteiger partial charge in [-0.15, -0.1) is 0 Å². The third-order valence-corrected chi connectivity index (χ3v) is 4.34. The number of anilines is 1. The Morgan fingerprint density at radius 2 is 2.30 bits per heavy atom. The zero-order chi connectivity index (χ0) is 16.4. The minimum absolute atomic E-state index is 0.0383. The summed E-state index contributed by atoms with van der Waals surface area (Å²) in [6, 6.07) is 3.01. The van der Waals surface area contributed by atoms with Crippen molar-refractivity contribution in [1.82, 2.24) is 20.3 Å². The topological polar surface area (TPSA) is 73.9 Å². The Bertz CT molecular complexity index is 760. The van der Waals surface area contributed by atoms with Gasteiger partial charge in [-0.3, -0.25) is 4.79 Å². The van der Waals surface area contributed by atoms with Crippen LogP contribution >= 0.6 is 11.6 Å². The highest BCUT2D eigenvalue weighted by atomic mass is 35.5. The fourth-order valence-electron chi connectivity index (χ4n) is 2.70. The number of aromatic nitrogens is 3. The van der Waals surface area contributed by atoms with Crippen LogP contribution in [0.1, 0.15) is 12.8 Å². The third-order valence-electron chi connectivity index (χ3n) is 4.00. The Labute approximate surface area is 137 Å². The van der Waals surface area contributed by atoms with E-state index in [1.165, 1.54) is 12.3 Å². The van der Waals surface area contributed by atoms with E-state index in [1.54, 1.807) is 6.07 Å². The highest BCUT2D eigenvalue weighted by Gasteiger charge is 2.23. The van der Waals surface area contributed by atoms with Gasteiger partial charge in [0.05, 0.1) is 0 Å². The zero-order valence-corrected chi connectivity index (χ0v) is 13.4. The van der Waals surface area contributed by atoms with Gasteiger partial charge in [-0.05, 0) is 25.5 Å². The van der Waals surface area contributed by atoms with E-state index in [9.17, 15) is 9.18 Å². The van der Waals surface area contributed by atoms with Crippen molar-refractivity contribution in [3.8, 4) is 11.4 Å². The van der Waals surface area contributed by atoms with Crippen molar-refractivity contribution in [2.45, 2.75) is 18.9 Å². The van der Waals surface area contributed by atoms with Crippen LogP contribution in [0.2, 0.25) is 5.02 Å². The fourth-order valence-corrected chi connectivity index (χ4v) is 2.93. The highest BCUT2D eigenvalue weighted by molar-refractivity contribution is 6.32. The van der Waals surface area contributed by atoms with Crippen molar-refractivity contribution >= 4 is 17.4 Å². The van der Waals surface area contributed by atoms with Crippen LogP contribution in [0.15, 0.2) is 23.1 Å². The number of halogens is 2. The van der Waals surface area contributed by atoms with Crippen LogP contribution in [0.3, 0.4) is 0 Å². The first kappa shape index (κ1) is 15.9. The Kier molecular flexibility index (Phi) is 4.58. The Hall–Kier alpha value is -1.99. The molecule has 0 spiro atoms. The van der Waals surface area contributed by atoms with Gasteiger partial charge in [0.25, 0.3) is 5.56 Å². The maximum absolute atomic E-state index is 13.3. The summed E-state index contributed by atoms with van der Waals surface area (Å²) in [4.78, 5) is 24.6. The van der Waals surface area contributed by atoms with Gasteiger partial charge in [-0.1, -0.05) is 11.6 Å². The Morgan fingerprint density at radius 3 is 3.00 bits per heavy atom. The van der Waals surface area contributed by atoms with Gasteiger partial charge in [-0.2, -0.15) is 4.39 Å². The Morgan fingerprint density at radius 1 is 1.48 bits per heavy atom. The van der Waals surface area contributed by atoms with Gasteiger partial charge < -0.3 is 15.2 Å². The molecule has 122 valence electrons. The van der Waals surface area contributed by atoms with Crippen LogP contribution in [0.4, 0.5) is 10.2 Å². The molecule has 1 fully saturated rings. The first-order chi connectivity index (χ1) is 11.1. The third kappa shape index (κ3) is 3.35. The summed E-state index contributed by atoms with van der Waals surface area (Å²) in [6.07, 6.45) is 3.37. The summed E-state index contributed by atoms with van der Waals surface area (Å²) in [5, 5.41) is 3.36. The van der Waals surface area contributed by atoms with Crippen molar-refractivity contribution in [1.29, 1.82) is 0 Å². The van der Waals surface area contributed by atoms with Crippen molar-refractivity contribution in [3.63, 3.8) is 0 Å². The number of aromatic amines is 1. The predicted octanol–water partition coefficient (Wildman–Crippen LogP) is 1.81. The molecule has 3 rings (SSSR count). The molecule has 1 aliphatic heterocycles. The van der Waals surface area contributed by atoms with Gasteiger partial charge in [0.1, 0.15) is 10.8 Å². The van der Waals surface area contributed by atoms with Crippen molar-refractivity contribution in [2.24, 2.45) is 0 Å². The van der Waals surface area contributed by atoms with E-state index in [4.69, 9.17) is 11.6 Å². The summed E-state index contributed by atoms with van der Waals surface area (Å²) in [7, 11) is 1.86. The molecule has 0 bridgehead atoms. The van der Waals surface area contributed by atoms with Gasteiger partial charge in [0, 0.05) is 37.5 Å². The number of piperidine rings is 1. The molecule has 1 atom stereocenters. The SMILES string of the molecule is CN(c1nc(-c2ccnc(F)c2)[nH]c(=O)c1Cl)[C@@H]1CCCNC1. The van der Waals surface area contributed by atoms with Crippen molar-refractivity contribution in [3.05, 3.63) is 39.7 Å². The van der Waals surface area contributed by atoms with E-state index in [-0.39, 0.29) is 16.9 Å². The molecule has 0 amide bonds. The number of hydrogen-bond acceptors (Lipinski definition) is 5. The lowest BCUT2D eigenvalue weighted by Crippen LogP contribution is -2.45. The number of rotatable bonds is 3. The first-order valence-corrected chi connectivity index (χ1v) is 7.79. The molecule has 0 aliphatic carbocycles. The maximum Gasteiger partial charge on any atom is 0.272 e. The van der Waals surface area contributed by atoms with Crippen LogP contribution in [-0.2, 0) is 0 Å². The number of H-pyrrole nitrogens is 1. The lowest BCUT2D eigenvalue weighted by molar-refractivity contribution is 0.443. The molecule has 3 heterocycles. The zero-order valence-electron chi connectivity index (χ0n) is 12.6. The van der Waals surface area contributed by atoms with Crippen LogP contribution in [-0.4, -0.2) is 41.1 Å². The lowest BCUT2D eigenvalue weighted by Gasteiger charge is -2.32. The number of likely N-dealkylation sites (N-methyl/N-ethyl adjacent to an activating group) is 1. The quantitative estimate of drug-likeness (QED) is 0.836. The maximum atomic E-state index is 13.3. The van der Waals surface area contributed by atoms with Crippen LogP contribution in [0.5, 0.6) is 0 Å². The smallest absolute Gasteiger partial charge is 0.272 e. The van der Waals surface area contributed by atoms with Crippen LogP contribution in [0, 0.1) is 5.95 Å². The largest absolute Gasteiger partial charge is 0.354 e. The molecule has 2 N–H and O–H groups in total. The average Bonchev–Trinajstić information content (AvgIpc) is 2.57. The minimum Gasteiger partial charge on any atom is -0.354 e. The number of hydrogen-bond donors (Lipinski definition) is 2. The van der Waals surface area contributed by atoms with Gasteiger partial charge in [0.2, 0.25) is 5.95 Å². The molecule has 2 aromatic rings. The predicted molar refractivity (Wildman–Crippen MR) is 87.4 cm³/mol. The highest BCUT2D eigenvalue weighted by Crippen LogP contribution is 2.25. The number of nitrogens with zero attached hydrogens (tertiary/aromatic N) is 3. The van der Waals surface area contributed by atoms with Crippen LogP contribution in [0.25, 0.3) is 11.4 Å². The molecule has 0 unspecified atom stereocenters. The molecule has 23 heavy (non-hydrogen) atoms. The normalized spacial score (nSPS) is 18.0. The second kappa shape index (κ2) is 6.64. The summed E-state index contributed by atoms with van der Waals surface area (Å²) in [5.74, 6) is 0.0362. The second-order valence-corrected chi connectivity index (χ2v) is 5.91. The van der Waals surface area contributed by atoms with E-state index in [0.29, 0.717) is 11.4 Å². The molecule has 0 saturated carbocycles.